The predicted molar refractivity (Wildman–Crippen MR) is 217 cm³/mol. The molecule has 10 aromatic rings. The van der Waals surface area contributed by atoms with E-state index in [-0.39, 0.29) is 72.9 Å². The van der Waals surface area contributed by atoms with Gasteiger partial charge in [0.15, 0.2) is 17.5 Å². The van der Waals surface area contributed by atoms with Crippen LogP contribution in [0, 0.1) is 0 Å². The van der Waals surface area contributed by atoms with Crippen molar-refractivity contribution in [3.05, 3.63) is 188 Å². The van der Waals surface area contributed by atoms with Gasteiger partial charge in [0.2, 0.25) is 0 Å². The second kappa shape index (κ2) is 12.9. The fourth-order valence-corrected chi connectivity index (χ4v) is 6.58. The highest BCUT2D eigenvalue weighted by Gasteiger charge is 2.21. The average molecular weight is 689 g/mol. The molecule has 2 heterocycles. The van der Waals surface area contributed by atoms with Crippen molar-refractivity contribution in [2.24, 2.45) is 0 Å². The third-order valence-corrected chi connectivity index (χ3v) is 9.18. The molecular weight excluding hydrogens is 647 g/mol. The third kappa shape index (κ3) is 5.63. The van der Waals surface area contributed by atoms with Crippen molar-refractivity contribution in [2.45, 2.75) is 0 Å². The number of rotatable bonds is 6. The Hall–Kier alpha value is -7.17. The summed E-state index contributed by atoms with van der Waals surface area (Å²) < 4.78 is 102. The lowest BCUT2D eigenvalue weighted by Crippen LogP contribution is -2.01. The second-order valence-corrected chi connectivity index (χ2v) is 12.4. The summed E-state index contributed by atoms with van der Waals surface area (Å²) in [6, 6.07) is 32.6. The van der Waals surface area contributed by atoms with Crippen molar-refractivity contribution in [2.75, 3.05) is 0 Å². The molecule has 0 saturated carbocycles. The van der Waals surface area contributed by atoms with E-state index in [1.165, 1.54) is 6.07 Å². The van der Waals surface area contributed by atoms with Gasteiger partial charge in [-0.25, -0.2) is 15.0 Å². The van der Waals surface area contributed by atoms with Crippen LogP contribution in [0.2, 0.25) is 0 Å². The van der Waals surface area contributed by atoms with E-state index < -0.39 is 60.4 Å². The molecule has 2 aromatic heterocycles. The molecule has 0 fully saturated rings. The van der Waals surface area contributed by atoms with Crippen molar-refractivity contribution in [1.82, 2.24) is 15.0 Å². The largest absolute Gasteiger partial charge is 0.455 e. The smallest absolute Gasteiger partial charge is 0.164 e. The topological polar surface area (TPSA) is 51.8 Å². The lowest BCUT2D eigenvalue weighted by molar-refractivity contribution is 0.673. The van der Waals surface area contributed by atoms with Gasteiger partial charge < -0.3 is 4.42 Å². The van der Waals surface area contributed by atoms with Crippen molar-refractivity contribution in [3.63, 3.8) is 0 Å². The van der Waals surface area contributed by atoms with Gasteiger partial charge in [-0.15, -0.1) is 0 Å². The van der Waals surface area contributed by atoms with Crippen LogP contribution >= 0.6 is 0 Å². The lowest BCUT2D eigenvalue weighted by Gasteiger charge is -2.12. The lowest BCUT2D eigenvalue weighted by atomic mass is 9.97. The van der Waals surface area contributed by atoms with Gasteiger partial charge in [-0.1, -0.05) is 170 Å². The van der Waals surface area contributed by atoms with Crippen molar-refractivity contribution in [1.29, 1.82) is 0 Å². The van der Waals surface area contributed by atoms with Gasteiger partial charge in [0.05, 0.1) is 15.1 Å². The fourth-order valence-electron chi connectivity index (χ4n) is 6.58. The van der Waals surface area contributed by atoms with Gasteiger partial charge in [0, 0.05) is 32.8 Å². The summed E-state index contributed by atoms with van der Waals surface area (Å²) in [6.45, 7) is 0. The van der Waals surface area contributed by atoms with Crippen molar-refractivity contribution < 1.29 is 19.5 Å². The van der Waals surface area contributed by atoms with Gasteiger partial charge in [0.25, 0.3) is 0 Å². The summed E-state index contributed by atoms with van der Waals surface area (Å²) in [4.78, 5) is 15.0. The van der Waals surface area contributed by atoms with E-state index in [1.54, 1.807) is 6.07 Å². The number of fused-ring (bicyclic) bond motifs is 5. The molecule has 0 unspecified atom stereocenters. The van der Waals surface area contributed by atoms with Crippen LogP contribution in [0.1, 0.15) is 15.1 Å². The zero-order chi connectivity index (χ0) is 44.7. The summed E-state index contributed by atoms with van der Waals surface area (Å²) in [5.74, 6) is 0.600. The van der Waals surface area contributed by atoms with Gasteiger partial charge in [-0.3, -0.25) is 0 Å². The monoisotopic (exact) mass is 688 g/mol. The quantitative estimate of drug-likeness (QED) is 0.174. The van der Waals surface area contributed by atoms with E-state index in [0.29, 0.717) is 11.1 Å². The summed E-state index contributed by atoms with van der Waals surface area (Å²) in [7, 11) is 0. The van der Waals surface area contributed by atoms with Crippen LogP contribution in [-0.2, 0) is 0 Å². The SMILES string of the molecule is [2H]c1c([2H])c([2H])c(-c2cc(-c3nc(-c4ccc(-c5ccccc5)cc4)nc(-c4ccc(-c5ccccc5)cc4)n3)c3c(c2)oc2c4c([2H])c([2H])c([2H])c([2H])c4c([2H])c([2H])c23)c([2H])c1[2H]. The summed E-state index contributed by atoms with van der Waals surface area (Å²) in [5.41, 5.74) is 5.35. The molecule has 10 rings (SSSR count). The minimum atomic E-state index is -0.575. The first kappa shape index (κ1) is 21.3. The minimum Gasteiger partial charge on any atom is -0.455 e. The molecule has 0 aliphatic carbocycles. The van der Waals surface area contributed by atoms with E-state index in [0.717, 1.165) is 22.3 Å². The van der Waals surface area contributed by atoms with E-state index in [4.69, 9.17) is 33.1 Å². The number of hydrogen-bond acceptors (Lipinski definition) is 4. The zero-order valence-corrected chi connectivity index (χ0v) is 27.8. The van der Waals surface area contributed by atoms with Gasteiger partial charge in [0.1, 0.15) is 11.2 Å². The molecule has 248 valence electrons. The van der Waals surface area contributed by atoms with Crippen LogP contribution in [0.3, 0.4) is 0 Å². The Morgan fingerprint density at radius 2 is 0.925 bits per heavy atom. The van der Waals surface area contributed by atoms with Crippen LogP contribution < -0.4 is 0 Å². The average Bonchev–Trinajstić information content (AvgIpc) is 3.72. The Kier molecular flexibility index (Phi) is 5.16. The van der Waals surface area contributed by atoms with Crippen LogP contribution in [-0.4, -0.2) is 15.0 Å². The first-order valence-electron chi connectivity index (χ1n) is 22.4. The number of nitrogens with zero attached hydrogens (tertiary/aromatic N) is 3. The van der Waals surface area contributed by atoms with Crippen molar-refractivity contribution >= 4 is 32.7 Å². The Labute approximate surface area is 322 Å². The maximum absolute atomic E-state index is 9.34. The van der Waals surface area contributed by atoms with Crippen molar-refractivity contribution in [3.8, 4) is 67.5 Å². The number of aromatic nitrogens is 3. The van der Waals surface area contributed by atoms with Crippen LogP contribution in [0.15, 0.2) is 192 Å². The number of hydrogen-bond donors (Lipinski definition) is 0. The second-order valence-electron chi connectivity index (χ2n) is 12.4. The Bertz CT molecular complexity index is 3420. The molecule has 4 nitrogen and oxygen atoms in total. The first-order chi connectivity index (χ1) is 30.8. The van der Waals surface area contributed by atoms with Gasteiger partial charge >= 0.3 is 0 Å². The molecule has 0 spiro atoms. The fraction of sp³-hybridized carbons (Fsp3) is 0. The molecule has 0 saturated heterocycles. The highest BCUT2D eigenvalue weighted by atomic mass is 16.3. The molecule has 4 heteroatoms. The van der Waals surface area contributed by atoms with E-state index >= 15 is 0 Å². The van der Waals surface area contributed by atoms with Gasteiger partial charge in [-0.05, 0) is 56.9 Å². The summed E-state index contributed by atoms with van der Waals surface area (Å²) in [6.07, 6.45) is 0. The normalized spacial score (nSPS) is 14.3. The minimum absolute atomic E-state index is 0.0325. The third-order valence-electron chi connectivity index (χ3n) is 9.18. The Morgan fingerprint density at radius 3 is 1.55 bits per heavy atom. The van der Waals surface area contributed by atoms with E-state index in [1.807, 2.05) is 109 Å². The highest BCUT2D eigenvalue weighted by molar-refractivity contribution is 6.19. The number of benzene rings is 8. The van der Waals surface area contributed by atoms with E-state index in [2.05, 4.69) is 0 Å². The van der Waals surface area contributed by atoms with Gasteiger partial charge in [-0.2, -0.15) is 0 Å². The molecule has 0 amide bonds. The molecule has 0 atom stereocenters. The molecule has 8 aromatic carbocycles. The molecule has 0 aliphatic rings. The maximum Gasteiger partial charge on any atom is 0.164 e. The molecule has 53 heavy (non-hydrogen) atoms. The number of furan rings is 1. The predicted octanol–water partition coefficient (Wildman–Crippen LogP) is 12.9. The highest BCUT2D eigenvalue weighted by Crippen LogP contribution is 2.42. The Morgan fingerprint density at radius 1 is 0.396 bits per heavy atom. The first-order valence-corrected chi connectivity index (χ1v) is 16.9. The standard InChI is InChI=1S/C49H31N3O/c1-4-12-32(13-5-1)35-20-24-38(25-21-35)47-50-48(39-26-22-36(23-27-39)33-14-6-2-7-15-33)52-49(51-47)43-30-40(34-16-8-3-9-17-34)31-44-45(43)42-29-28-37-18-10-11-19-41(37)46(42)53-44/h1-31H/i3D,8D,9D,10D,11D,16D,17D,18D,19D,28D,29D. The van der Waals surface area contributed by atoms with E-state index in [9.17, 15) is 1.37 Å². The zero-order valence-electron chi connectivity index (χ0n) is 38.8. The molecule has 0 radical (unpaired) electrons. The molecule has 0 aliphatic heterocycles. The van der Waals surface area contributed by atoms with Crippen LogP contribution in [0.4, 0.5) is 0 Å². The molecular formula is C49H31N3O. The Balaban J connectivity index is 1.30. The molecule has 0 bridgehead atoms. The van der Waals surface area contributed by atoms with Crippen LogP contribution in [0.5, 0.6) is 0 Å². The molecule has 0 N–H and O–H groups in total. The van der Waals surface area contributed by atoms with Crippen LogP contribution in [0.25, 0.3) is 100 Å². The summed E-state index contributed by atoms with van der Waals surface area (Å²) >= 11 is 0. The maximum atomic E-state index is 9.34. The summed E-state index contributed by atoms with van der Waals surface area (Å²) in [5, 5.41) is -0.0518.